The van der Waals surface area contributed by atoms with Gasteiger partial charge in [-0.1, -0.05) is 97.6 Å². The molecule has 3 rings (SSSR count). The van der Waals surface area contributed by atoms with Crippen LogP contribution in [0.3, 0.4) is 0 Å². The van der Waals surface area contributed by atoms with Gasteiger partial charge in [0.25, 0.3) is 0 Å². The number of benzene rings is 3. The Kier molecular flexibility index (Phi) is 5.47. The molecule has 0 heterocycles. The summed E-state index contributed by atoms with van der Waals surface area (Å²) in [4.78, 5) is 0. The first-order chi connectivity index (χ1) is 12.2. The molecule has 3 aromatic rings. The predicted octanol–water partition coefficient (Wildman–Crippen LogP) is 5.76. The van der Waals surface area contributed by atoms with Gasteiger partial charge in [0.05, 0.1) is 7.05 Å². The summed E-state index contributed by atoms with van der Waals surface area (Å²) < 4.78 is 0.863. The van der Waals surface area contributed by atoms with Gasteiger partial charge < -0.3 is 4.48 Å². The van der Waals surface area contributed by atoms with Crippen molar-refractivity contribution in [3.05, 3.63) is 120 Å². The van der Waals surface area contributed by atoms with Gasteiger partial charge in [-0.15, -0.1) is 0 Å². The molecular formula is C24H26N+. The lowest BCUT2D eigenvalue weighted by Crippen LogP contribution is -2.45. The Morgan fingerprint density at radius 1 is 0.720 bits per heavy atom. The Hall–Kier alpha value is -2.64. The Bertz CT molecular complexity index is 737. The van der Waals surface area contributed by atoms with Crippen molar-refractivity contribution in [3.63, 3.8) is 0 Å². The van der Waals surface area contributed by atoms with Gasteiger partial charge in [-0.2, -0.15) is 0 Å². The van der Waals surface area contributed by atoms with Crippen LogP contribution in [0.5, 0.6) is 0 Å². The van der Waals surface area contributed by atoms with E-state index < -0.39 is 0 Å². The second-order valence-corrected chi connectivity index (χ2v) is 6.86. The second-order valence-electron chi connectivity index (χ2n) is 6.86. The molecule has 0 spiro atoms. The lowest BCUT2D eigenvalue weighted by atomic mass is 10.00. The normalized spacial score (nSPS) is 12.5. The van der Waals surface area contributed by atoms with Gasteiger partial charge in [-0.3, -0.25) is 0 Å². The van der Waals surface area contributed by atoms with E-state index in [1.54, 1.807) is 0 Å². The van der Waals surface area contributed by atoms with Crippen molar-refractivity contribution in [2.45, 2.75) is 19.1 Å². The van der Waals surface area contributed by atoms with Crippen LogP contribution in [-0.4, -0.2) is 11.5 Å². The first kappa shape index (κ1) is 17.2. The van der Waals surface area contributed by atoms with Crippen molar-refractivity contribution in [2.24, 2.45) is 0 Å². The summed E-state index contributed by atoms with van der Waals surface area (Å²) in [5.74, 6) is 0. The zero-order chi connectivity index (χ0) is 17.5. The fourth-order valence-corrected chi connectivity index (χ4v) is 3.65. The van der Waals surface area contributed by atoms with E-state index in [2.05, 4.69) is 111 Å². The van der Waals surface area contributed by atoms with E-state index in [1.807, 2.05) is 0 Å². The van der Waals surface area contributed by atoms with Gasteiger partial charge >= 0.3 is 0 Å². The van der Waals surface area contributed by atoms with E-state index in [9.17, 15) is 0 Å². The van der Waals surface area contributed by atoms with Crippen LogP contribution in [0.25, 0.3) is 0 Å². The van der Waals surface area contributed by atoms with Gasteiger partial charge in [0.1, 0.15) is 19.1 Å². The lowest BCUT2D eigenvalue weighted by Gasteiger charge is -2.41. The largest absolute Gasteiger partial charge is 0.309 e. The van der Waals surface area contributed by atoms with Crippen molar-refractivity contribution in [1.82, 2.24) is 0 Å². The number of likely N-dealkylation sites (N-methyl/N-ethyl adjacent to an activating group) is 1. The van der Waals surface area contributed by atoms with Crippen LogP contribution in [0.2, 0.25) is 0 Å². The van der Waals surface area contributed by atoms with E-state index in [1.165, 1.54) is 16.7 Å². The number of quaternary nitrogens is 1. The summed E-state index contributed by atoms with van der Waals surface area (Å²) in [5.41, 5.74) is 4.01. The van der Waals surface area contributed by atoms with E-state index in [4.69, 9.17) is 0 Å². The quantitative estimate of drug-likeness (QED) is 0.382. The molecule has 0 radical (unpaired) electrons. The summed E-state index contributed by atoms with van der Waals surface area (Å²) in [6, 6.07) is 32.4. The molecule has 0 saturated carbocycles. The molecule has 0 N–H and O–H groups in total. The van der Waals surface area contributed by atoms with E-state index in [0.717, 1.165) is 17.6 Å². The maximum atomic E-state index is 4.17. The third-order valence-electron chi connectivity index (χ3n) is 4.81. The molecule has 1 unspecified atom stereocenters. The fourth-order valence-electron chi connectivity index (χ4n) is 3.65. The molecule has 3 aromatic carbocycles. The fraction of sp³-hybridized carbons (Fsp3) is 0.167. The van der Waals surface area contributed by atoms with E-state index >= 15 is 0 Å². The molecule has 0 bridgehead atoms. The van der Waals surface area contributed by atoms with Crippen molar-refractivity contribution >= 4 is 0 Å². The average Bonchev–Trinajstić information content (AvgIpc) is 2.64. The third kappa shape index (κ3) is 4.26. The Morgan fingerprint density at radius 3 is 1.52 bits per heavy atom. The van der Waals surface area contributed by atoms with Gasteiger partial charge in [0.15, 0.2) is 0 Å². The first-order valence-corrected chi connectivity index (χ1v) is 8.81. The molecule has 0 aromatic heterocycles. The van der Waals surface area contributed by atoms with Gasteiger partial charge in [-0.05, 0) is 6.08 Å². The van der Waals surface area contributed by atoms with Crippen molar-refractivity contribution in [3.8, 4) is 0 Å². The topological polar surface area (TPSA) is 0 Å². The summed E-state index contributed by atoms with van der Waals surface area (Å²) in [7, 11) is 2.33. The van der Waals surface area contributed by atoms with Crippen LogP contribution in [0, 0.1) is 0 Å². The van der Waals surface area contributed by atoms with Crippen LogP contribution >= 0.6 is 0 Å². The summed E-state index contributed by atoms with van der Waals surface area (Å²) in [6.07, 6.45) is 2.10. The van der Waals surface area contributed by atoms with Crippen molar-refractivity contribution < 1.29 is 4.48 Å². The maximum absolute atomic E-state index is 4.17. The number of hydrogen-bond acceptors (Lipinski definition) is 0. The van der Waals surface area contributed by atoms with Gasteiger partial charge in [0, 0.05) is 16.7 Å². The molecule has 0 amide bonds. The molecule has 0 fully saturated rings. The highest BCUT2D eigenvalue weighted by molar-refractivity contribution is 5.22. The van der Waals surface area contributed by atoms with Gasteiger partial charge in [-0.25, -0.2) is 0 Å². The van der Waals surface area contributed by atoms with Gasteiger partial charge in [0.2, 0.25) is 0 Å². The minimum absolute atomic E-state index is 0.238. The van der Waals surface area contributed by atoms with Crippen molar-refractivity contribution in [1.29, 1.82) is 0 Å². The number of hydrogen-bond donors (Lipinski definition) is 0. The molecule has 1 nitrogen and oxygen atoms in total. The van der Waals surface area contributed by atoms with Crippen LogP contribution < -0.4 is 0 Å². The summed E-state index contributed by atoms with van der Waals surface area (Å²) >= 11 is 0. The minimum atomic E-state index is 0.238. The SMILES string of the molecule is C=CC(c1ccccc1)[N+](C)(Cc1ccccc1)Cc1ccccc1. The van der Waals surface area contributed by atoms with Crippen LogP contribution in [0.15, 0.2) is 104 Å². The molecule has 25 heavy (non-hydrogen) atoms. The zero-order valence-corrected chi connectivity index (χ0v) is 14.9. The molecule has 0 aliphatic rings. The van der Waals surface area contributed by atoms with E-state index in [-0.39, 0.29) is 6.04 Å². The molecule has 0 aliphatic carbocycles. The van der Waals surface area contributed by atoms with Crippen LogP contribution in [-0.2, 0) is 13.1 Å². The highest BCUT2D eigenvalue weighted by Gasteiger charge is 2.32. The Labute approximate surface area is 151 Å². The Balaban J connectivity index is 1.99. The number of rotatable bonds is 7. The third-order valence-corrected chi connectivity index (χ3v) is 4.81. The first-order valence-electron chi connectivity index (χ1n) is 8.81. The highest BCUT2D eigenvalue weighted by atomic mass is 15.4. The monoisotopic (exact) mass is 328 g/mol. The minimum Gasteiger partial charge on any atom is -0.309 e. The van der Waals surface area contributed by atoms with Crippen LogP contribution in [0.4, 0.5) is 0 Å². The molecule has 0 saturated heterocycles. The standard InChI is InChI=1S/C24H26N/c1-3-24(23-17-11-6-12-18-23)25(2,19-21-13-7-4-8-14-21)20-22-15-9-5-10-16-22/h3-18,24H,1,19-20H2,2H3/q+1. The maximum Gasteiger partial charge on any atom is 0.133 e. The lowest BCUT2D eigenvalue weighted by molar-refractivity contribution is -0.958. The van der Waals surface area contributed by atoms with E-state index in [0.29, 0.717) is 0 Å². The second kappa shape index (κ2) is 7.96. The average molecular weight is 328 g/mol. The predicted molar refractivity (Wildman–Crippen MR) is 106 cm³/mol. The smallest absolute Gasteiger partial charge is 0.133 e. The molecule has 126 valence electrons. The number of nitrogens with zero attached hydrogens (tertiary/aromatic N) is 1. The van der Waals surface area contributed by atoms with Crippen LogP contribution in [0.1, 0.15) is 22.7 Å². The zero-order valence-electron chi connectivity index (χ0n) is 14.9. The Morgan fingerprint density at radius 2 is 1.12 bits per heavy atom. The molecule has 1 heteroatoms. The highest BCUT2D eigenvalue weighted by Crippen LogP contribution is 2.32. The summed E-state index contributed by atoms with van der Waals surface area (Å²) in [5, 5.41) is 0. The summed E-state index contributed by atoms with van der Waals surface area (Å²) in [6.45, 7) is 6.09. The van der Waals surface area contributed by atoms with Crippen molar-refractivity contribution in [2.75, 3.05) is 7.05 Å². The molecule has 0 aliphatic heterocycles. The molecule has 1 atom stereocenters. The molecular weight excluding hydrogens is 302 g/mol.